The summed E-state index contributed by atoms with van der Waals surface area (Å²) < 4.78 is 6.20. The molecular formula is C23H17OS+. The van der Waals surface area contributed by atoms with Gasteiger partial charge in [-0.1, -0.05) is 48.5 Å². The Morgan fingerprint density at radius 2 is 1.24 bits per heavy atom. The summed E-state index contributed by atoms with van der Waals surface area (Å²) in [7, 11) is 0. The SMILES string of the molecule is C(=C\c1cccs1)/c1cc(-c2ccccc2)[o+]c(-c2ccccc2)c1. The maximum atomic E-state index is 6.20. The highest BCUT2D eigenvalue weighted by Gasteiger charge is 2.18. The van der Waals surface area contributed by atoms with Gasteiger partial charge in [0.15, 0.2) is 0 Å². The van der Waals surface area contributed by atoms with Gasteiger partial charge in [-0.2, -0.15) is 0 Å². The van der Waals surface area contributed by atoms with E-state index in [4.69, 9.17) is 4.42 Å². The third-order valence-corrected chi connectivity index (χ3v) is 4.75. The zero-order valence-corrected chi connectivity index (χ0v) is 14.4. The lowest BCUT2D eigenvalue weighted by Gasteiger charge is -1.98. The third-order valence-electron chi connectivity index (χ3n) is 3.92. The zero-order valence-electron chi connectivity index (χ0n) is 13.6. The van der Waals surface area contributed by atoms with E-state index in [9.17, 15) is 0 Å². The van der Waals surface area contributed by atoms with Crippen molar-refractivity contribution in [2.24, 2.45) is 0 Å². The van der Waals surface area contributed by atoms with Gasteiger partial charge >= 0.3 is 11.5 Å². The van der Waals surface area contributed by atoms with Gasteiger partial charge in [0.1, 0.15) is 0 Å². The molecule has 0 aliphatic carbocycles. The summed E-state index contributed by atoms with van der Waals surface area (Å²) in [5.41, 5.74) is 3.27. The van der Waals surface area contributed by atoms with Crippen LogP contribution in [0.2, 0.25) is 0 Å². The summed E-state index contributed by atoms with van der Waals surface area (Å²) in [6, 6.07) is 28.8. The van der Waals surface area contributed by atoms with E-state index in [0.29, 0.717) is 0 Å². The molecule has 0 bridgehead atoms. The molecule has 25 heavy (non-hydrogen) atoms. The van der Waals surface area contributed by atoms with Gasteiger partial charge in [0, 0.05) is 4.88 Å². The summed E-state index contributed by atoms with van der Waals surface area (Å²) in [5, 5.41) is 2.09. The summed E-state index contributed by atoms with van der Waals surface area (Å²) >= 11 is 1.73. The zero-order chi connectivity index (χ0) is 16.9. The summed E-state index contributed by atoms with van der Waals surface area (Å²) in [5.74, 6) is 1.74. The molecule has 2 heteroatoms. The number of thiophene rings is 1. The molecule has 0 aliphatic heterocycles. The van der Waals surface area contributed by atoms with Crippen molar-refractivity contribution in [3.8, 4) is 22.6 Å². The molecule has 0 unspecified atom stereocenters. The lowest BCUT2D eigenvalue weighted by molar-refractivity contribution is 0.581. The summed E-state index contributed by atoms with van der Waals surface area (Å²) in [6.45, 7) is 0. The van der Waals surface area contributed by atoms with Crippen LogP contribution in [0, 0.1) is 0 Å². The molecule has 2 aromatic carbocycles. The molecule has 4 rings (SSSR count). The minimum absolute atomic E-state index is 0.868. The number of benzene rings is 2. The van der Waals surface area contributed by atoms with Gasteiger partial charge in [-0.05, 0) is 47.4 Å². The van der Waals surface area contributed by atoms with Gasteiger partial charge in [0.2, 0.25) is 0 Å². The normalized spacial score (nSPS) is 11.0. The Bertz CT molecular complexity index is 914. The van der Waals surface area contributed by atoms with E-state index in [1.807, 2.05) is 36.4 Å². The van der Waals surface area contributed by atoms with Crippen LogP contribution in [0.3, 0.4) is 0 Å². The molecule has 2 aromatic heterocycles. The first-order valence-electron chi connectivity index (χ1n) is 8.19. The van der Waals surface area contributed by atoms with Gasteiger partial charge in [-0.25, -0.2) is 4.42 Å². The second-order valence-corrected chi connectivity index (χ2v) is 6.68. The van der Waals surface area contributed by atoms with Crippen LogP contribution in [-0.4, -0.2) is 0 Å². The molecule has 120 valence electrons. The monoisotopic (exact) mass is 341 g/mol. The molecule has 4 aromatic rings. The van der Waals surface area contributed by atoms with Crippen molar-refractivity contribution in [1.29, 1.82) is 0 Å². The van der Waals surface area contributed by atoms with Crippen molar-refractivity contribution in [2.75, 3.05) is 0 Å². The van der Waals surface area contributed by atoms with Gasteiger partial charge in [0.25, 0.3) is 0 Å². The van der Waals surface area contributed by atoms with Crippen molar-refractivity contribution in [2.45, 2.75) is 0 Å². The summed E-state index contributed by atoms with van der Waals surface area (Å²) in [6.07, 6.45) is 4.28. The van der Waals surface area contributed by atoms with Crippen LogP contribution in [0.15, 0.2) is 94.7 Å². The second-order valence-electron chi connectivity index (χ2n) is 5.70. The van der Waals surface area contributed by atoms with Gasteiger partial charge in [-0.15, -0.1) is 11.3 Å². The Balaban J connectivity index is 1.80. The highest BCUT2D eigenvalue weighted by Crippen LogP contribution is 2.29. The lowest BCUT2D eigenvalue weighted by atomic mass is 10.1. The molecule has 0 atom stereocenters. The molecular weight excluding hydrogens is 324 g/mol. The highest BCUT2D eigenvalue weighted by molar-refractivity contribution is 7.10. The minimum Gasteiger partial charge on any atom is -0.207 e. The first-order valence-corrected chi connectivity index (χ1v) is 9.07. The largest absolute Gasteiger partial charge is 0.361 e. The van der Waals surface area contributed by atoms with E-state index in [1.54, 1.807) is 11.3 Å². The Kier molecular flexibility index (Phi) is 4.53. The standard InChI is InChI=1S/C23H17OS/c1-3-8-19(9-4-1)22-16-18(13-14-21-12-7-15-25-21)17-23(24-22)20-10-5-2-6-11-20/h1-17H/q+1/b14-13+. The molecule has 0 saturated carbocycles. The first kappa shape index (κ1) is 15.6. The number of hydrogen-bond donors (Lipinski definition) is 0. The molecule has 0 amide bonds. The number of hydrogen-bond acceptors (Lipinski definition) is 1. The fourth-order valence-electron chi connectivity index (χ4n) is 2.67. The van der Waals surface area contributed by atoms with Crippen LogP contribution in [0.5, 0.6) is 0 Å². The predicted octanol–water partition coefficient (Wildman–Crippen LogP) is 7.13. The third kappa shape index (κ3) is 3.76. The quantitative estimate of drug-likeness (QED) is 0.359. The average Bonchev–Trinajstić information content (AvgIpc) is 3.21. The molecule has 0 saturated heterocycles. The van der Waals surface area contributed by atoms with E-state index >= 15 is 0 Å². The van der Waals surface area contributed by atoms with Crippen LogP contribution in [-0.2, 0) is 0 Å². The van der Waals surface area contributed by atoms with Crippen molar-refractivity contribution in [3.63, 3.8) is 0 Å². The molecule has 1 nitrogen and oxygen atoms in total. The van der Waals surface area contributed by atoms with Crippen molar-refractivity contribution < 1.29 is 4.42 Å². The Hall–Kier alpha value is -2.97. The first-order chi connectivity index (χ1) is 12.4. The van der Waals surface area contributed by atoms with Crippen molar-refractivity contribution in [3.05, 3.63) is 101 Å². The van der Waals surface area contributed by atoms with E-state index in [1.165, 1.54) is 4.88 Å². The van der Waals surface area contributed by atoms with E-state index < -0.39 is 0 Å². The van der Waals surface area contributed by atoms with Crippen molar-refractivity contribution >= 4 is 23.5 Å². The van der Waals surface area contributed by atoms with Crippen LogP contribution >= 0.6 is 11.3 Å². The predicted molar refractivity (Wildman–Crippen MR) is 107 cm³/mol. The van der Waals surface area contributed by atoms with Crippen molar-refractivity contribution in [1.82, 2.24) is 0 Å². The van der Waals surface area contributed by atoms with E-state index in [-0.39, 0.29) is 0 Å². The van der Waals surface area contributed by atoms with Gasteiger partial charge < -0.3 is 0 Å². The molecule has 0 aliphatic rings. The van der Waals surface area contributed by atoms with Crippen LogP contribution in [0.25, 0.3) is 34.8 Å². The van der Waals surface area contributed by atoms with Crippen LogP contribution < -0.4 is 0 Å². The van der Waals surface area contributed by atoms with Gasteiger partial charge in [-0.3, -0.25) is 0 Å². The molecule has 2 heterocycles. The molecule has 0 N–H and O–H groups in total. The minimum atomic E-state index is 0.868. The molecule has 0 radical (unpaired) electrons. The topological polar surface area (TPSA) is 11.3 Å². The van der Waals surface area contributed by atoms with Crippen LogP contribution in [0.1, 0.15) is 10.4 Å². The van der Waals surface area contributed by atoms with E-state index in [0.717, 1.165) is 28.2 Å². The Labute approximate surface area is 151 Å². The second kappa shape index (κ2) is 7.29. The fraction of sp³-hybridized carbons (Fsp3) is 0. The van der Waals surface area contributed by atoms with Crippen LogP contribution in [0.4, 0.5) is 0 Å². The number of rotatable bonds is 4. The van der Waals surface area contributed by atoms with Gasteiger partial charge in [0.05, 0.1) is 23.3 Å². The molecule has 0 spiro atoms. The van der Waals surface area contributed by atoms with E-state index in [2.05, 4.69) is 66.1 Å². The molecule has 0 fully saturated rings. The maximum Gasteiger partial charge on any atom is 0.361 e. The lowest BCUT2D eigenvalue weighted by Crippen LogP contribution is -1.84. The Morgan fingerprint density at radius 1 is 0.640 bits per heavy atom. The smallest absolute Gasteiger partial charge is 0.207 e. The maximum absolute atomic E-state index is 6.20. The summed E-state index contributed by atoms with van der Waals surface area (Å²) in [4.78, 5) is 1.24. The highest BCUT2D eigenvalue weighted by atomic mass is 32.1. The average molecular weight is 341 g/mol. The fourth-order valence-corrected chi connectivity index (χ4v) is 3.29. The Morgan fingerprint density at radius 3 is 1.76 bits per heavy atom.